The standard InChI is InChI=1S/C14H17N3OS/c1-9-10(2)19-14-12(9)13(15-8-16-14)17-5-3-11(7-18)4-6-17/h7-8,11H,3-6H2,1-2H3. The van der Waals surface area contributed by atoms with Crippen LogP contribution in [0.1, 0.15) is 23.3 Å². The van der Waals surface area contributed by atoms with Gasteiger partial charge in [-0.3, -0.25) is 0 Å². The summed E-state index contributed by atoms with van der Waals surface area (Å²) in [5, 5.41) is 1.19. The van der Waals surface area contributed by atoms with Crippen LogP contribution in [0.2, 0.25) is 0 Å². The second kappa shape index (κ2) is 4.89. The van der Waals surface area contributed by atoms with E-state index < -0.39 is 0 Å². The first-order valence-corrected chi connectivity index (χ1v) is 7.43. The van der Waals surface area contributed by atoms with Gasteiger partial charge < -0.3 is 9.69 Å². The molecule has 2 aromatic rings. The number of rotatable bonds is 2. The van der Waals surface area contributed by atoms with Gasteiger partial charge in [-0.05, 0) is 32.3 Å². The van der Waals surface area contributed by atoms with Crippen molar-refractivity contribution in [3.8, 4) is 0 Å². The first kappa shape index (κ1) is 12.5. The van der Waals surface area contributed by atoms with Crippen molar-refractivity contribution in [3.63, 3.8) is 0 Å². The Hall–Kier alpha value is -1.49. The number of hydrogen-bond donors (Lipinski definition) is 0. The number of aryl methyl sites for hydroxylation is 2. The van der Waals surface area contributed by atoms with Gasteiger partial charge in [0.05, 0.1) is 5.39 Å². The van der Waals surface area contributed by atoms with Crippen LogP contribution in [-0.2, 0) is 4.79 Å². The van der Waals surface area contributed by atoms with Gasteiger partial charge in [0, 0.05) is 23.9 Å². The van der Waals surface area contributed by atoms with Gasteiger partial charge in [-0.25, -0.2) is 9.97 Å². The average Bonchev–Trinajstić information content (AvgIpc) is 2.74. The van der Waals surface area contributed by atoms with E-state index >= 15 is 0 Å². The van der Waals surface area contributed by atoms with Crippen molar-refractivity contribution in [2.45, 2.75) is 26.7 Å². The number of fused-ring (bicyclic) bond motifs is 1. The molecule has 5 heteroatoms. The SMILES string of the molecule is Cc1sc2ncnc(N3CCC(C=O)CC3)c2c1C. The highest BCUT2D eigenvalue weighted by Crippen LogP contribution is 2.35. The normalized spacial score (nSPS) is 17.1. The van der Waals surface area contributed by atoms with Gasteiger partial charge in [0.25, 0.3) is 0 Å². The lowest BCUT2D eigenvalue weighted by atomic mass is 9.98. The number of aromatic nitrogens is 2. The van der Waals surface area contributed by atoms with Crippen LogP contribution in [0.3, 0.4) is 0 Å². The Kier molecular flexibility index (Phi) is 3.22. The van der Waals surface area contributed by atoms with E-state index in [0.717, 1.165) is 42.9 Å². The van der Waals surface area contributed by atoms with E-state index in [4.69, 9.17) is 0 Å². The summed E-state index contributed by atoms with van der Waals surface area (Å²) in [5.41, 5.74) is 1.29. The molecule has 1 saturated heterocycles. The van der Waals surface area contributed by atoms with Crippen molar-refractivity contribution in [1.82, 2.24) is 9.97 Å². The number of thiophene rings is 1. The lowest BCUT2D eigenvalue weighted by Crippen LogP contribution is -2.34. The Morgan fingerprint density at radius 2 is 2.05 bits per heavy atom. The molecule has 3 heterocycles. The Bertz CT molecular complexity index is 614. The summed E-state index contributed by atoms with van der Waals surface area (Å²) in [6.07, 6.45) is 4.60. The van der Waals surface area contributed by atoms with Gasteiger partial charge in [-0.15, -0.1) is 11.3 Å². The molecule has 2 aromatic heterocycles. The van der Waals surface area contributed by atoms with Crippen molar-refractivity contribution in [3.05, 3.63) is 16.8 Å². The van der Waals surface area contributed by atoms with Crippen molar-refractivity contribution >= 4 is 33.7 Å². The minimum Gasteiger partial charge on any atom is -0.356 e. The smallest absolute Gasteiger partial charge is 0.141 e. The van der Waals surface area contributed by atoms with Crippen molar-refractivity contribution < 1.29 is 4.79 Å². The van der Waals surface area contributed by atoms with Crippen LogP contribution in [0.5, 0.6) is 0 Å². The summed E-state index contributed by atoms with van der Waals surface area (Å²) in [6, 6.07) is 0. The fraction of sp³-hybridized carbons (Fsp3) is 0.500. The monoisotopic (exact) mass is 275 g/mol. The fourth-order valence-corrected chi connectivity index (χ4v) is 3.64. The van der Waals surface area contributed by atoms with Crippen LogP contribution in [0.25, 0.3) is 10.2 Å². The summed E-state index contributed by atoms with van der Waals surface area (Å²) >= 11 is 1.73. The molecular formula is C14H17N3OS. The third-order valence-electron chi connectivity index (χ3n) is 3.98. The highest BCUT2D eigenvalue weighted by molar-refractivity contribution is 7.18. The van der Waals surface area contributed by atoms with E-state index in [1.54, 1.807) is 17.7 Å². The molecule has 0 radical (unpaired) electrons. The molecule has 4 nitrogen and oxygen atoms in total. The predicted octanol–water partition coefficient (Wildman–Crippen LogP) is 2.72. The zero-order chi connectivity index (χ0) is 13.4. The van der Waals surface area contributed by atoms with E-state index in [2.05, 4.69) is 28.7 Å². The highest BCUT2D eigenvalue weighted by Gasteiger charge is 2.22. The van der Waals surface area contributed by atoms with Gasteiger partial charge >= 0.3 is 0 Å². The van der Waals surface area contributed by atoms with Crippen LogP contribution in [0.15, 0.2) is 6.33 Å². The number of anilines is 1. The lowest BCUT2D eigenvalue weighted by Gasteiger charge is -2.31. The first-order valence-electron chi connectivity index (χ1n) is 6.61. The third-order valence-corrected chi connectivity index (χ3v) is 5.09. The van der Waals surface area contributed by atoms with E-state index in [0.29, 0.717) is 0 Å². The number of carbonyl (C=O) groups is 1. The van der Waals surface area contributed by atoms with Crippen LogP contribution in [-0.4, -0.2) is 29.3 Å². The molecule has 19 heavy (non-hydrogen) atoms. The van der Waals surface area contributed by atoms with E-state index in [9.17, 15) is 4.79 Å². The lowest BCUT2D eigenvalue weighted by molar-refractivity contribution is -0.111. The molecule has 3 rings (SSSR count). The number of hydrogen-bond acceptors (Lipinski definition) is 5. The third kappa shape index (κ3) is 2.12. The maximum atomic E-state index is 10.8. The molecule has 0 aromatic carbocycles. The quantitative estimate of drug-likeness (QED) is 0.791. The van der Waals surface area contributed by atoms with Crippen LogP contribution >= 0.6 is 11.3 Å². The predicted molar refractivity (Wildman–Crippen MR) is 77.9 cm³/mol. The maximum absolute atomic E-state index is 10.8. The topological polar surface area (TPSA) is 46.1 Å². The molecule has 0 aliphatic carbocycles. The summed E-state index contributed by atoms with van der Waals surface area (Å²) in [5.74, 6) is 1.26. The number of aldehydes is 1. The maximum Gasteiger partial charge on any atom is 0.141 e. The van der Waals surface area contributed by atoms with Gasteiger partial charge in [0.15, 0.2) is 0 Å². The molecule has 1 fully saturated rings. The molecule has 0 bridgehead atoms. The fourth-order valence-electron chi connectivity index (χ4n) is 2.65. The minimum absolute atomic E-state index is 0.221. The second-order valence-corrected chi connectivity index (χ2v) is 6.32. The van der Waals surface area contributed by atoms with Crippen molar-refractivity contribution in [1.29, 1.82) is 0 Å². The second-order valence-electron chi connectivity index (χ2n) is 5.12. The van der Waals surface area contributed by atoms with E-state index in [-0.39, 0.29) is 5.92 Å². The Morgan fingerprint density at radius 1 is 1.32 bits per heavy atom. The molecule has 0 spiro atoms. The van der Waals surface area contributed by atoms with E-state index in [1.165, 1.54) is 15.8 Å². The van der Waals surface area contributed by atoms with Crippen LogP contribution in [0.4, 0.5) is 5.82 Å². The zero-order valence-corrected chi connectivity index (χ0v) is 12.0. The highest BCUT2D eigenvalue weighted by atomic mass is 32.1. The minimum atomic E-state index is 0.221. The number of carbonyl (C=O) groups excluding carboxylic acids is 1. The Labute approximate surface area is 116 Å². The van der Waals surface area contributed by atoms with Gasteiger partial charge in [-0.1, -0.05) is 0 Å². The van der Waals surface area contributed by atoms with Crippen molar-refractivity contribution in [2.75, 3.05) is 18.0 Å². The zero-order valence-electron chi connectivity index (χ0n) is 11.2. The molecule has 1 aliphatic heterocycles. The van der Waals surface area contributed by atoms with Gasteiger partial charge in [0.2, 0.25) is 0 Å². The van der Waals surface area contributed by atoms with Crippen LogP contribution in [0, 0.1) is 19.8 Å². The molecule has 1 aliphatic rings. The average molecular weight is 275 g/mol. The molecular weight excluding hydrogens is 258 g/mol. The molecule has 0 unspecified atom stereocenters. The molecule has 0 atom stereocenters. The number of nitrogens with zero attached hydrogens (tertiary/aromatic N) is 3. The van der Waals surface area contributed by atoms with Crippen LogP contribution < -0.4 is 4.90 Å². The molecule has 100 valence electrons. The summed E-state index contributed by atoms with van der Waals surface area (Å²) in [7, 11) is 0. The summed E-state index contributed by atoms with van der Waals surface area (Å²) < 4.78 is 0. The van der Waals surface area contributed by atoms with Gasteiger partial charge in [0.1, 0.15) is 23.3 Å². The molecule has 0 amide bonds. The van der Waals surface area contributed by atoms with E-state index in [1.807, 2.05) is 0 Å². The number of piperidine rings is 1. The molecule has 0 N–H and O–H groups in total. The first-order chi connectivity index (χ1) is 9.20. The van der Waals surface area contributed by atoms with Crippen molar-refractivity contribution in [2.24, 2.45) is 5.92 Å². The Balaban J connectivity index is 1.99. The van der Waals surface area contributed by atoms with Gasteiger partial charge in [-0.2, -0.15) is 0 Å². The summed E-state index contributed by atoms with van der Waals surface area (Å²) in [4.78, 5) is 24.4. The largest absolute Gasteiger partial charge is 0.356 e. The summed E-state index contributed by atoms with van der Waals surface area (Å²) in [6.45, 7) is 6.08. The Morgan fingerprint density at radius 3 is 2.74 bits per heavy atom. The molecule has 0 saturated carbocycles.